The fraction of sp³-hybridized carbons (Fsp3) is 0.143. The zero-order valence-electron chi connectivity index (χ0n) is 14.8. The standard InChI is InChI=1S/C21H19ClFN3O/c1-13-4-16(2-3-25-13)17-5-14(11-24)6-18(9-17)21(27)26-12-15-7-19(22)10-20(23)8-15/h2-10H,11-12,24H2,1H3,(H,26,27). The molecule has 0 aliphatic rings. The maximum absolute atomic E-state index is 13.4. The quantitative estimate of drug-likeness (QED) is 0.692. The molecule has 0 radical (unpaired) electrons. The average molecular weight is 384 g/mol. The Hall–Kier alpha value is -2.76. The van der Waals surface area contributed by atoms with Gasteiger partial charge in [-0.05, 0) is 77.7 Å². The molecule has 1 aromatic heterocycles. The molecular weight excluding hydrogens is 365 g/mol. The summed E-state index contributed by atoms with van der Waals surface area (Å²) in [6.45, 7) is 2.40. The Balaban J connectivity index is 1.84. The third-order valence-electron chi connectivity index (χ3n) is 4.10. The molecule has 0 aliphatic heterocycles. The molecule has 0 unspecified atom stereocenters. The number of carbonyl (C=O) groups excluding carboxylic acids is 1. The van der Waals surface area contributed by atoms with Crippen LogP contribution in [0.15, 0.2) is 54.7 Å². The molecule has 3 rings (SSSR count). The van der Waals surface area contributed by atoms with E-state index in [1.165, 1.54) is 12.1 Å². The number of benzene rings is 2. The van der Waals surface area contributed by atoms with Gasteiger partial charge in [0.25, 0.3) is 5.91 Å². The zero-order valence-corrected chi connectivity index (χ0v) is 15.6. The summed E-state index contributed by atoms with van der Waals surface area (Å²) in [7, 11) is 0. The Morgan fingerprint density at radius 3 is 2.63 bits per heavy atom. The highest BCUT2D eigenvalue weighted by molar-refractivity contribution is 6.30. The van der Waals surface area contributed by atoms with E-state index in [0.717, 1.165) is 22.4 Å². The molecule has 0 saturated heterocycles. The maximum Gasteiger partial charge on any atom is 0.251 e. The summed E-state index contributed by atoms with van der Waals surface area (Å²) < 4.78 is 13.4. The molecule has 1 amide bonds. The van der Waals surface area contributed by atoms with Crippen LogP contribution >= 0.6 is 11.6 Å². The van der Waals surface area contributed by atoms with Crippen LogP contribution in [0.3, 0.4) is 0 Å². The van der Waals surface area contributed by atoms with Crippen LogP contribution in [0, 0.1) is 12.7 Å². The number of nitrogens with zero attached hydrogens (tertiary/aromatic N) is 1. The molecule has 1 heterocycles. The van der Waals surface area contributed by atoms with Crippen LogP contribution in [-0.2, 0) is 13.1 Å². The summed E-state index contributed by atoms with van der Waals surface area (Å²) in [6, 6.07) is 13.5. The van der Waals surface area contributed by atoms with Crippen molar-refractivity contribution in [2.75, 3.05) is 0 Å². The van der Waals surface area contributed by atoms with Crippen molar-refractivity contribution in [1.82, 2.24) is 10.3 Å². The zero-order chi connectivity index (χ0) is 19.4. The minimum atomic E-state index is -0.438. The topological polar surface area (TPSA) is 68.0 Å². The minimum Gasteiger partial charge on any atom is -0.348 e. The number of pyridine rings is 1. The van der Waals surface area contributed by atoms with Gasteiger partial charge in [0.2, 0.25) is 0 Å². The summed E-state index contributed by atoms with van der Waals surface area (Å²) >= 11 is 5.85. The van der Waals surface area contributed by atoms with E-state index in [1.54, 1.807) is 18.3 Å². The van der Waals surface area contributed by atoms with Crippen molar-refractivity contribution in [3.05, 3.63) is 88.0 Å². The average Bonchev–Trinajstić information content (AvgIpc) is 2.65. The third kappa shape index (κ3) is 4.90. The second kappa shape index (κ2) is 8.29. The van der Waals surface area contributed by atoms with E-state index < -0.39 is 5.82 Å². The van der Waals surface area contributed by atoms with Crippen molar-refractivity contribution in [1.29, 1.82) is 0 Å². The summed E-state index contributed by atoms with van der Waals surface area (Å²) in [5.74, 6) is -0.704. The number of halogens is 2. The van der Waals surface area contributed by atoms with Gasteiger partial charge in [-0.3, -0.25) is 9.78 Å². The molecule has 2 aromatic carbocycles. The highest BCUT2D eigenvalue weighted by atomic mass is 35.5. The van der Waals surface area contributed by atoms with Gasteiger partial charge in [0.1, 0.15) is 5.82 Å². The van der Waals surface area contributed by atoms with Crippen LogP contribution in [0.1, 0.15) is 27.2 Å². The summed E-state index contributed by atoms with van der Waals surface area (Å²) in [5.41, 5.74) is 10.5. The Morgan fingerprint density at radius 2 is 1.93 bits per heavy atom. The summed E-state index contributed by atoms with van der Waals surface area (Å²) in [4.78, 5) is 16.8. The lowest BCUT2D eigenvalue weighted by atomic mass is 9.99. The van der Waals surface area contributed by atoms with E-state index in [2.05, 4.69) is 10.3 Å². The number of nitrogens with two attached hydrogens (primary N) is 1. The Bertz CT molecular complexity index is 971. The van der Waals surface area contributed by atoms with Gasteiger partial charge in [-0.25, -0.2) is 4.39 Å². The number of hydrogen-bond acceptors (Lipinski definition) is 3. The van der Waals surface area contributed by atoms with Crippen molar-refractivity contribution < 1.29 is 9.18 Å². The molecule has 138 valence electrons. The molecule has 6 heteroatoms. The molecule has 0 bridgehead atoms. The first-order valence-electron chi connectivity index (χ1n) is 8.45. The Labute approximate surface area is 162 Å². The number of rotatable bonds is 5. The number of aromatic nitrogens is 1. The highest BCUT2D eigenvalue weighted by Crippen LogP contribution is 2.23. The molecule has 0 spiro atoms. The van der Waals surface area contributed by atoms with Crippen LogP contribution in [-0.4, -0.2) is 10.9 Å². The number of aryl methyl sites for hydroxylation is 1. The fourth-order valence-corrected chi connectivity index (χ4v) is 3.07. The Morgan fingerprint density at radius 1 is 1.11 bits per heavy atom. The van der Waals surface area contributed by atoms with Gasteiger partial charge >= 0.3 is 0 Å². The fourth-order valence-electron chi connectivity index (χ4n) is 2.83. The van der Waals surface area contributed by atoms with E-state index in [0.29, 0.717) is 22.7 Å². The van der Waals surface area contributed by atoms with Crippen molar-refractivity contribution in [3.8, 4) is 11.1 Å². The Kier molecular flexibility index (Phi) is 5.84. The third-order valence-corrected chi connectivity index (χ3v) is 4.31. The van der Waals surface area contributed by atoms with Gasteiger partial charge < -0.3 is 11.1 Å². The first kappa shape index (κ1) is 19.0. The van der Waals surface area contributed by atoms with Gasteiger partial charge in [-0.15, -0.1) is 0 Å². The lowest BCUT2D eigenvalue weighted by molar-refractivity contribution is 0.0951. The number of amides is 1. The minimum absolute atomic E-state index is 0.173. The normalized spacial score (nSPS) is 10.7. The van der Waals surface area contributed by atoms with Gasteiger partial charge in [0.05, 0.1) is 0 Å². The number of carbonyl (C=O) groups is 1. The smallest absolute Gasteiger partial charge is 0.251 e. The van der Waals surface area contributed by atoms with Gasteiger partial charge in [0.15, 0.2) is 0 Å². The van der Waals surface area contributed by atoms with Crippen LogP contribution in [0.25, 0.3) is 11.1 Å². The SMILES string of the molecule is Cc1cc(-c2cc(CN)cc(C(=O)NCc3cc(F)cc(Cl)c3)c2)ccn1. The lowest BCUT2D eigenvalue weighted by Gasteiger charge is -2.11. The molecule has 0 atom stereocenters. The van der Waals surface area contributed by atoms with Gasteiger partial charge in [0, 0.05) is 35.6 Å². The van der Waals surface area contributed by atoms with Gasteiger partial charge in [-0.1, -0.05) is 11.6 Å². The maximum atomic E-state index is 13.4. The van der Waals surface area contributed by atoms with E-state index in [-0.39, 0.29) is 12.5 Å². The van der Waals surface area contributed by atoms with E-state index >= 15 is 0 Å². The predicted octanol–water partition coefficient (Wildman–Crippen LogP) is 4.24. The lowest BCUT2D eigenvalue weighted by Crippen LogP contribution is -2.23. The number of hydrogen-bond donors (Lipinski definition) is 2. The molecule has 3 N–H and O–H groups in total. The predicted molar refractivity (Wildman–Crippen MR) is 105 cm³/mol. The monoisotopic (exact) mass is 383 g/mol. The van der Waals surface area contributed by atoms with Crippen LogP contribution in [0.5, 0.6) is 0 Å². The van der Waals surface area contributed by atoms with E-state index in [9.17, 15) is 9.18 Å². The van der Waals surface area contributed by atoms with Crippen molar-refractivity contribution in [2.45, 2.75) is 20.0 Å². The molecule has 0 saturated carbocycles. The van der Waals surface area contributed by atoms with Crippen LogP contribution in [0.4, 0.5) is 4.39 Å². The van der Waals surface area contributed by atoms with Crippen molar-refractivity contribution in [2.24, 2.45) is 5.73 Å². The van der Waals surface area contributed by atoms with Crippen molar-refractivity contribution >= 4 is 17.5 Å². The van der Waals surface area contributed by atoms with Gasteiger partial charge in [-0.2, -0.15) is 0 Å². The van der Waals surface area contributed by atoms with Crippen LogP contribution in [0.2, 0.25) is 5.02 Å². The second-order valence-electron chi connectivity index (χ2n) is 6.27. The largest absolute Gasteiger partial charge is 0.348 e. The second-order valence-corrected chi connectivity index (χ2v) is 6.71. The summed E-state index contributed by atoms with van der Waals surface area (Å²) in [6.07, 6.45) is 1.73. The van der Waals surface area contributed by atoms with Crippen molar-refractivity contribution in [3.63, 3.8) is 0 Å². The molecule has 0 aliphatic carbocycles. The molecule has 3 aromatic rings. The van der Waals surface area contributed by atoms with E-state index in [1.807, 2.05) is 31.2 Å². The number of nitrogens with one attached hydrogen (secondary N) is 1. The van der Waals surface area contributed by atoms with Crippen LogP contribution < -0.4 is 11.1 Å². The highest BCUT2D eigenvalue weighted by Gasteiger charge is 2.10. The molecular formula is C21H19ClFN3O. The first-order chi connectivity index (χ1) is 12.9. The molecule has 0 fully saturated rings. The molecule has 27 heavy (non-hydrogen) atoms. The first-order valence-corrected chi connectivity index (χ1v) is 8.82. The molecule has 4 nitrogen and oxygen atoms in total. The summed E-state index contributed by atoms with van der Waals surface area (Å²) in [5, 5.41) is 3.09. The van der Waals surface area contributed by atoms with E-state index in [4.69, 9.17) is 17.3 Å².